The van der Waals surface area contributed by atoms with Gasteiger partial charge in [-0.05, 0) is 31.5 Å². The molecule has 5 nitrogen and oxygen atoms in total. The van der Waals surface area contributed by atoms with Crippen molar-refractivity contribution in [3.8, 4) is 5.69 Å². The number of carbonyl (C=O) groups excluding carboxylic acids is 1. The van der Waals surface area contributed by atoms with Crippen molar-refractivity contribution in [3.63, 3.8) is 0 Å². The Kier molecular flexibility index (Phi) is 4.76. The van der Waals surface area contributed by atoms with Gasteiger partial charge in [-0.15, -0.1) is 0 Å². The van der Waals surface area contributed by atoms with Gasteiger partial charge in [-0.2, -0.15) is 5.10 Å². The normalized spacial score (nSPS) is 12.2. The number of hydrogen-bond acceptors (Lipinski definition) is 3. The minimum Gasteiger partial charge on any atom is -0.393 e. The Morgan fingerprint density at radius 1 is 1.55 bits per heavy atom. The second kappa shape index (κ2) is 6.54. The molecule has 2 aromatic rings. The molecule has 2 N–H and O–H groups in total. The lowest BCUT2D eigenvalue weighted by atomic mass is 10.2. The van der Waals surface area contributed by atoms with Crippen LogP contribution >= 0.6 is 11.6 Å². The number of aliphatic hydroxyl groups is 1. The van der Waals surface area contributed by atoms with Crippen LogP contribution in [0.4, 0.5) is 0 Å². The average molecular weight is 294 g/mol. The second-order valence-corrected chi connectivity index (χ2v) is 4.98. The topological polar surface area (TPSA) is 67.2 Å². The van der Waals surface area contributed by atoms with E-state index < -0.39 is 6.10 Å². The average Bonchev–Trinajstić information content (AvgIpc) is 2.87. The third-order valence-corrected chi connectivity index (χ3v) is 3.00. The zero-order valence-electron chi connectivity index (χ0n) is 11.1. The fourth-order valence-corrected chi connectivity index (χ4v) is 1.88. The van der Waals surface area contributed by atoms with Gasteiger partial charge in [0, 0.05) is 17.8 Å². The number of benzene rings is 1. The van der Waals surface area contributed by atoms with E-state index in [1.165, 1.54) is 6.20 Å². The van der Waals surface area contributed by atoms with E-state index in [-0.39, 0.29) is 5.91 Å². The Balaban J connectivity index is 2.03. The number of aliphatic hydroxyl groups excluding tert-OH is 1. The number of halogens is 1. The smallest absolute Gasteiger partial charge is 0.254 e. The maximum absolute atomic E-state index is 11.9. The first-order valence-electron chi connectivity index (χ1n) is 6.33. The van der Waals surface area contributed by atoms with Crippen molar-refractivity contribution in [2.45, 2.75) is 19.4 Å². The van der Waals surface area contributed by atoms with Gasteiger partial charge in [-0.1, -0.05) is 17.7 Å². The van der Waals surface area contributed by atoms with Crippen LogP contribution < -0.4 is 5.32 Å². The third-order valence-electron chi connectivity index (χ3n) is 2.77. The van der Waals surface area contributed by atoms with Crippen molar-refractivity contribution in [3.05, 3.63) is 47.2 Å². The lowest BCUT2D eigenvalue weighted by Crippen LogP contribution is -2.26. The molecular weight excluding hydrogens is 278 g/mol. The molecule has 0 aliphatic heterocycles. The summed E-state index contributed by atoms with van der Waals surface area (Å²) in [4.78, 5) is 11.9. The number of aromatic nitrogens is 2. The Bertz CT molecular complexity index is 596. The van der Waals surface area contributed by atoms with Gasteiger partial charge in [0.05, 0.1) is 23.6 Å². The standard InChI is InChI=1S/C14H16ClN3O2/c1-10(19)5-6-16-14(20)11-8-17-18(9-11)13-4-2-3-12(15)7-13/h2-4,7-10,19H,5-6H2,1H3,(H,16,20)/t10-/m1/s1. The molecule has 0 fully saturated rings. The van der Waals surface area contributed by atoms with Gasteiger partial charge < -0.3 is 10.4 Å². The summed E-state index contributed by atoms with van der Waals surface area (Å²) in [5.74, 6) is -0.209. The van der Waals surface area contributed by atoms with Crippen LogP contribution in [0.3, 0.4) is 0 Å². The Labute approximate surface area is 122 Å². The van der Waals surface area contributed by atoms with Gasteiger partial charge in [-0.3, -0.25) is 4.79 Å². The molecule has 6 heteroatoms. The molecule has 0 saturated carbocycles. The zero-order valence-corrected chi connectivity index (χ0v) is 11.8. The van der Waals surface area contributed by atoms with E-state index in [1.54, 1.807) is 29.9 Å². The summed E-state index contributed by atoms with van der Waals surface area (Å²) in [6.07, 6.45) is 3.24. The number of nitrogens with one attached hydrogen (secondary N) is 1. The van der Waals surface area contributed by atoms with Crippen molar-refractivity contribution in [1.29, 1.82) is 0 Å². The van der Waals surface area contributed by atoms with Crippen molar-refractivity contribution in [2.75, 3.05) is 6.54 Å². The largest absolute Gasteiger partial charge is 0.393 e. The molecule has 0 unspecified atom stereocenters. The maximum atomic E-state index is 11.9. The summed E-state index contributed by atoms with van der Waals surface area (Å²) in [6.45, 7) is 2.11. The van der Waals surface area contributed by atoms with Gasteiger partial charge >= 0.3 is 0 Å². The molecule has 20 heavy (non-hydrogen) atoms. The first kappa shape index (κ1) is 14.6. The van der Waals surface area contributed by atoms with Crippen molar-refractivity contribution in [1.82, 2.24) is 15.1 Å². The van der Waals surface area contributed by atoms with E-state index in [9.17, 15) is 4.79 Å². The first-order chi connectivity index (χ1) is 9.56. The first-order valence-corrected chi connectivity index (χ1v) is 6.71. The van der Waals surface area contributed by atoms with Gasteiger partial charge in [0.15, 0.2) is 0 Å². The maximum Gasteiger partial charge on any atom is 0.254 e. The highest BCUT2D eigenvalue weighted by Crippen LogP contribution is 2.14. The molecule has 1 heterocycles. The highest BCUT2D eigenvalue weighted by molar-refractivity contribution is 6.30. The fraction of sp³-hybridized carbons (Fsp3) is 0.286. The second-order valence-electron chi connectivity index (χ2n) is 4.55. The monoisotopic (exact) mass is 293 g/mol. The molecule has 0 spiro atoms. The molecule has 0 aliphatic rings. The lowest BCUT2D eigenvalue weighted by Gasteiger charge is -2.05. The quantitative estimate of drug-likeness (QED) is 0.886. The molecule has 106 valence electrons. The van der Waals surface area contributed by atoms with E-state index in [0.717, 1.165) is 5.69 Å². The Hall–Kier alpha value is -1.85. The summed E-state index contributed by atoms with van der Waals surface area (Å²) in [6, 6.07) is 7.22. The summed E-state index contributed by atoms with van der Waals surface area (Å²) < 4.78 is 1.59. The molecule has 1 amide bonds. The molecule has 0 bridgehead atoms. The van der Waals surface area contributed by atoms with Crippen molar-refractivity contribution < 1.29 is 9.90 Å². The molecule has 0 radical (unpaired) electrons. The van der Waals surface area contributed by atoms with E-state index in [0.29, 0.717) is 23.6 Å². The van der Waals surface area contributed by atoms with Crippen LogP contribution in [0.15, 0.2) is 36.7 Å². The molecule has 1 atom stereocenters. The van der Waals surface area contributed by atoms with Crippen LogP contribution in [-0.4, -0.2) is 33.4 Å². The predicted octanol–water partition coefficient (Wildman–Crippen LogP) is 2.03. The molecule has 2 rings (SSSR count). The Morgan fingerprint density at radius 2 is 2.35 bits per heavy atom. The van der Waals surface area contributed by atoms with Crippen LogP contribution in [0.5, 0.6) is 0 Å². The highest BCUT2D eigenvalue weighted by atomic mass is 35.5. The van der Waals surface area contributed by atoms with Crippen LogP contribution in [-0.2, 0) is 0 Å². The summed E-state index contributed by atoms with van der Waals surface area (Å²) in [5, 5.41) is 16.6. The number of nitrogens with zero attached hydrogens (tertiary/aromatic N) is 2. The minimum absolute atomic E-state index is 0.209. The molecular formula is C14H16ClN3O2. The summed E-state index contributed by atoms with van der Waals surface area (Å²) in [5.41, 5.74) is 1.26. The van der Waals surface area contributed by atoms with Crippen molar-refractivity contribution >= 4 is 17.5 Å². The van der Waals surface area contributed by atoms with E-state index >= 15 is 0 Å². The van der Waals surface area contributed by atoms with E-state index in [2.05, 4.69) is 10.4 Å². The summed E-state index contributed by atoms with van der Waals surface area (Å²) in [7, 11) is 0. The van der Waals surface area contributed by atoms with Gasteiger partial charge in [0.25, 0.3) is 5.91 Å². The Morgan fingerprint density at radius 3 is 3.05 bits per heavy atom. The summed E-state index contributed by atoms with van der Waals surface area (Å²) >= 11 is 5.92. The highest BCUT2D eigenvalue weighted by Gasteiger charge is 2.09. The number of hydrogen-bond donors (Lipinski definition) is 2. The van der Waals surface area contributed by atoms with Gasteiger partial charge in [-0.25, -0.2) is 4.68 Å². The van der Waals surface area contributed by atoms with Crippen LogP contribution in [0.2, 0.25) is 5.02 Å². The lowest BCUT2D eigenvalue weighted by molar-refractivity contribution is 0.0945. The zero-order chi connectivity index (χ0) is 14.5. The molecule has 1 aromatic carbocycles. The third kappa shape index (κ3) is 3.82. The van der Waals surface area contributed by atoms with Gasteiger partial charge in [0.1, 0.15) is 0 Å². The van der Waals surface area contributed by atoms with Gasteiger partial charge in [0.2, 0.25) is 0 Å². The van der Waals surface area contributed by atoms with Crippen LogP contribution in [0.1, 0.15) is 23.7 Å². The van der Waals surface area contributed by atoms with Crippen LogP contribution in [0, 0.1) is 0 Å². The number of carbonyl (C=O) groups is 1. The number of amides is 1. The molecule has 0 saturated heterocycles. The fourth-order valence-electron chi connectivity index (χ4n) is 1.70. The van der Waals surface area contributed by atoms with Crippen LogP contribution in [0.25, 0.3) is 5.69 Å². The van der Waals surface area contributed by atoms with E-state index in [1.807, 2.05) is 12.1 Å². The SMILES string of the molecule is C[C@@H](O)CCNC(=O)c1cnn(-c2cccc(Cl)c2)c1. The van der Waals surface area contributed by atoms with E-state index in [4.69, 9.17) is 16.7 Å². The molecule has 1 aromatic heterocycles. The van der Waals surface area contributed by atoms with Crippen molar-refractivity contribution in [2.24, 2.45) is 0 Å². The molecule has 0 aliphatic carbocycles. The minimum atomic E-state index is -0.426. The predicted molar refractivity (Wildman–Crippen MR) is 77.2 cm³/mol. The number of rotatable bonds is 5.